The summed E-state index contributed by atoms with van der Waals surface area (Å²) in [5, 5.41) is 9.78. The van der Waals surface area contributed by atoms with Crippen molar-refractivity contribution in [1.82, 2.24) is 4.98 Å². The molecule has 1 aromatic heterocycles. The van der Waals surface area contributed by atoms with Crippen LogP contribution >= 0.6 is 0 Å². The molecule has 0 bridgehead atoms. The molecule has 1 N–H and O–H groups in total. The van der Waals surface area contributed by atoms with Gasteiger partial charge in [-0.3, -0.25) is 0 Å². The van der Waals surface area contributed by atoms with Crippen LogP contribution in [-0.4, -0.2) is 49.6 Å². The molecule has 3 atom stereocenters. The van der Waals surface area contributed by atoms with Gasteiger partial charge in [-0.15, -0.1) is 0 Å². The maximum absolute atomic E-state index is 9.78. The summed E-state index contributed by atoms with van der Waals surface area (Å²) in [5.74, 6) is 0.814. The molecule has 3 unspecified atom stereocenters. The van der Waals surface area contributed by atoms with Gasteiger partial charge in [-0.05, 0) is 13.0 Å². The number of pyridine rings is 1. The molecule has 5 heteroatoms. The highest BCUT2D eigenvalue weighted by molar-refractivity contribution is 5.49. The Morgan fingerprint density at radius 2 is 1.94 bits per heavy atom. The molecule has 0 saturated carbocycles. The number of rotatable bonds is 4. The number of nitrogens with zero attached hydrogens (tertiary/aromatic N) is 2. The van der Waals surface area contributed by atoms with E-state index in [-0.39, 0.29) is 12.2 Å². The Hall–Kier alpha value is -1.17. The van der Waals surface area contributed by atoms with E-state index in [2.05, 4.69) is 9.88 Å². The molecule has 0 aliphatic carbocycles. The monoisotopic (exact) mass is 252 g/mol. The predicted molar refractivity (Wildman–Crippen MR) is 68.7 cm³/mol. The van der Waals surface area contributed by atoms with Crippen LogP contribution in [0.3, 0.4) is 0 Å². The summed E-state index contributed by atoms with van der Waals surface area (Å²) in [6.45, 7) is 3.20. The fourth-order valence-electron chi connectivity index (χ4n) is 2.37. The van der Waals surface area contributed by atoms with E-state index >= 15 is 0 Å². The molecule has 2 rings (SSSR count). The molecular weight excluding hydrogens is 232 g/mol. The predicted octanol–water partition coefficient (Wildman–Crippen LogP) is 0.985. The van der Waals surface area contributed by atoms with Crippen molar-refractivity contribution in [3.05, 3.63) is 23.9 Å². The van der Waals surface area contributed by atoms with E-state index < -0.39 is 6.10 Å². The Morgan fingerprint density at radius 3 is 2.44 bits per heavy atom. The van der Waals surface area contributed by atoms with Gasteiger partial charge in [0.25, 0.3) is 0 Å². The largest absolute Gasteiger partial charge is 0.389 e. The summed E-state index contributed by atoms with van der Waals surface area (Å²) >= 11 is 0. The Balaban J connectivity index is 2.23. The highest BCUT2D eigenvalue weighted by Crippen LogP contribution is 2.28. The molecule has 1 aliphatic rings. The topological polar surface area (TPSA) is 54.8 Å². The minimum atomic E-state index is -0.531. The number of hydrogen-bond donors (Lipinski definition) is 1. The van der Waals surface area contributed by atoms with Crippen LogP contribution in [0.5, 0.6) is 0 Å². The van der Waals surface area contributed by atoms with Gasteiger partial charge in [0.15, 0.2) is 0 Å². The summed E-state index contributed by atoms with van der Waals surface area (Å²) < 4.78 is 10.8. The second-order valence-electron chi connectivity index (χ2n) is 4.55. The lowest BCUT2D eigenvalue weighted by Gasteiger charge is -2.21. The lowest BCUT2D eigenvalue weighted by Crippen LogP contribution is -2.27. The third-order valence-corrected chi connectivity index (χ3v) is 3.39. The van der Waals surface area contributed by atoms with Crippen molar-refractivity contribution >= 4 is 5.82 Å². The van der Waals surface area contributed by atoms with Crippen molar-refractivity contribution in [1.29, 1.82) is 0 Å². The van der Waals surface area contributed by atoms with Gasteiger partial charge < -0.3 is 19.5 Å². The molecule has 2 heterocycles. The van der Waals surface area contributed by atoms with Crippen LogP contribution in [0.15, 0.2) is 18.3 Å². The number of methoxy groups -OCH3 is 2. The first-order valence-electron chi connectivity index (χ1n) is 6.11. The minimum absolute atomic E-state index is 0.0406. The van der Waals surface area contributed by atoms with E-state index in [1.165, 1.54) is 0 Å². The normalized spacial score (nSPS) is 25.4. The Kier molecular flexibility index (Phi) is 4.16. The highest BCUT2D eigenvalue weighted by Gasteiger charge is 2.34. The molecule has 1 saturated heterocycles. The van der Waals surface area contributed by atoms with E-state index in [1.807, 2.05) is 12.1 Å². The van der Waals surface area contributed by atoms with Gasteiger partial charge in [-0.2, -0.15) is 0 Å². The Bertz CT molecular complexity index is 386. The second kappa shape index (κ2) is 5.65. The van der Waals surface area contributed by atoms with E-state index in [0.29, 0.717) is 0 Å². The first-order valence-corrected chi connectivity index (χ1v) is 6.11. The molecule has 0 amide bonds. The van der Waals surface area contributed by atoms with E-state index in [4.69, 9.17) is 9.47 Å². The summed E-state index contributed by atoms with van der Waals surface area (Å²) in [6.07, 6.45) is 1.29. The molecule has 18 heavy (non-hydrogen) atoms. The number of aromatic nitrogens is 1. The minimum Gasteiger partial charge on any atom is -0.389 e. The third kappa shape index (κ3) is 2.48. The average Bonchev–Trinajstić information content (AvgIpc) is 2.81. The molecule has 100 valence electrons. The number of anilines is 1. The Labute approximate surface area is 107 Å². The van der Waals surface area contributed by atoms with Crippen molar-refractivity contribution in [3.63, 3.8) is 0 Å². The molecule has 1 aromatic rings. The van der Waals surface area contributed by atoms with Crippen LogP contribution < -0.4 is 4.90 Å². The van der Waals surface area contributed by atoms with Crippen molar-refractivity contribution in [3.8, 4) is 0 Å². The van der Waals surface area contributed by atoms with E-state index in [1.54, 1.807) is 27.3 Å². The smallest absolute Gasteiger partial charge is 0.134 e. The molecule has 1 fully saturated rings. The van der Waals surface area contributed by atoms with Crippen LogP contribution in [0.4, 0.5) is 5.82 Å². The van der Waals surface area contributed by atoms with E-state index in [0.717, 1.165) is 24.5 Å². The van der Waals surface area contributed by atoms with Gasteiger partial charge in [0, 0.05) is 39.1 Å². The maximum atomic E-state index is 9.78. The highest BCUT2D eigenvalue weighted by atomic mass is 16.5. The lowest BCUT2D eigenvalue weighted by molar-refractivity contribution is -0.00461. The third-order valence-electron chi connectivity index (χ3n) is 3.39. The van der Waals surface area contributed by atoms with Crippen LogP contribution in [0.1, 0.15) is 18.6 Å². The zero-order valence-corrected chi connectivity index (χ0v) is 11.0. The maximum Gasteiger partial charge on any atom is 0.134 e. The van der Waals surface area contributed by atoms with Crippen molar-refractivity contribution in [2.24, 2.45) is 0 Å². The van der Waals surface area contributed by atoms with Crippen molar-refractivity contribution in [2.75, 3.05) is 32.2 Å². The van der Waals surface area contributed by atoms with Gasteiger partial charge in [0.2, 0.25) is 0 Å². The zero-order valence-electron chi connectivity index (χ0n) is 11.0. The number of ether oxygens (including phenoxy) is 2. The summed E-state index contributed by atoms with van der Waals surface area (Å²) in [5.41, 5.74) is 0.837. The molecule has 5 nitrogen and oxygen atoms in total. The second-order valence-corrected chi connectivity index (χ2v) is 4.55. The quantitative estimate of drug-likeness (QED) is 0.866. The van der Waals surface area contributed by atoms with Crippen molar-refractivity contribution < 1.29 is 14.6 Å². The molecule has 0 radical (unpaired) electrons. The average molecular weight is 252 g/mol. The number of aliphatic hydroxyl groups excluding tert-OH is 1. The SMILES string of the molecule is COC1CN(c2ncccc2C(C)O)CC1OC. The standard InChI is InChI=1S/C13H20N2O3/c1-9(16)10-5-4-6-14-13(10)15-7-11(17-2)12(8-15)18-3/h4-6,9,11-12,16H,7-8H2,1-3H3. The molecule has 0 aromatic carbocycles. The van der Waals surface area contributed by atoms with Gasteiger partial charge in [0.1, 0.15) is 18.0 Å². The van der Waals surface area contributed by atoms with Gasteiger partial charge in [-0.1, -0.05) is 6.07 Å². The Morgan fingerprint density at radius 1 is 1.33 bits per heavy atom. The van der Waals surface area contributed by atoms with Crippen molar-refractivity contribution in [2.45, 2.75) is 25.2 Å². The summed E-state index contributed by atoms with van der Waals surface area (Å²) in [7, 11) is 3.38. The zero-order chi connectivity index (χ0) is 13.1. The first kappa shape index (κ1) is 13.3. The summed E-state index contributed by atoms with van der Waals surface area (Å²) in [6, 6.07) is 3.73. The van der Waals surface area contributed by atoms with E-state index in [9.17, 15) is 5.11 Å². The van der Waals surface area contributed by atoms with Gasteiger partial charge >= 0.3 is 0 Å². The fraction of sp³-hybridized carbons (Fsp3) is 0.615. The van der Waals surface area contributed by atoms with Crippen LogP contribution in [-0.2, 0) is 9.47 Å². The molecular formula is C13H20N2O3. The van der Waals surface area contributed by atoms with Gasteiger partial charge in [0.05, 0.1) is 6.10 Å². The molecule has 1 aliphatic heterocycles. The summed E-state index contributed by atoms with van der Waals surface area (Å²) in [4.78, 5) is 6.48. The number of hydrogen-bond acceptors (Lipinski definition) is 5. The number of aliphatic hydroxyl groups is 1. The molecule has 0 spiro atoms. The first-order chi connectivity index (χ1) is 8.67. The fourth-order valence-corrected chi connectivity index (χ4v) is 2.37. The van der Waals surface area contributed by atoms with Crippen LogP contribution in [0.2, 0.25) is 0 Å². The van der Waals surface area contributed by atoms with Crippen LogP contribution in [0, 0.1) is 0 Å². The van der Waals surface area contributed by atoms with Crippen LogP contribution in [0.25, 0.3) is 0 Å². The lowest BCUT2D eigenvalue weighted by atomic mass is 10.1. The van der Waals surface area contributed by atoms with Gasteiger partial charge in [-0.25, -0.2) is 4.98 Å².